The fourth-order valence-electron chi connectivity index (χ4n) is 6.46. The summed E-state index contributed by atoms with van der Waals surface area (Å²) in [7, 11) is -3.99. The highest BCUT2D eigenvalue weighted by Gasteiger charge is 2.44. The number of benzene rings is 2. The number of carbonyl (C=O) groups is 1. The maximum atomic E-state index is 13.8. The van der Waals surface area contributed by atoms with Gasteiger partial charge in [0.2, 0.25) is 16.8 Å². The smallest absolute Gasteiger partial charge is 0.407 e. The lowest BCUT2D eigenvalue weighted by atomic mass is 9.99. The number of hydrogen-bond acceptors (Lipinski definition) is 12. The first-order valence-corrected chi connectivity index (χ1v) is 17.9. The van der Waals surface area contributed by atoms with Crippen molar-refractivity contribution in [1.82, 2.24) is 14.6 Å². The SMILES string of the molecule is Cc1nc(COc2ccc(C[C@H](NC(=O)O[C@H]3CO[C@H]4OCC[C@H]43)[C@H](O)CN3CC(C)c4cc5c(cc4S3(=O)=O)OCO5)cc2)cs1. The third kappa shape index (κ3) is 6.78. The van der Waals surface area contributed by atoms with Crippen molar-refractivity contribution >= 4 is 27.5 Å². The summed E-state index contributed by atoms with van der Waals surface area (Å²) in [6.45, 7) is 4.89. The van der Waals surface area contributed by atoms with Gasteiger partial charge in [-0.1, -0.05) is 19.1 Å². The first-order valence-electron chi connectivity index (χ1n) is 15.6. The molecule has 0 radical (unpaired) electrons. The molecule has 252 valence electrons. The first-order chi connectivity index (χ1) is 22.6. The van der Waals surface area contributed by atoms with Gasteiger partial charge >= 0.3 is 6.09 Å². The summed E-state index contributed by atoms with van der Waals surface area (Å²) >= 11 is 1.56. The summed E-state index contributed by atoms with van der Waals surface area (Å²) in [5, 5.41) is 17.3. The molecule has 4 aliphatic rings. The quantitative estimate of drug-likeness (QED) is 0.323. The van der Waals surface area contributed by atoms with Gasteiger partial charge in [-0.3, -0.25) is 0 Å². The van der Waals surface area contributed by atoms with Crippen LogP contribution in [-0.4, -0.2) is 86.5 Å². The minimum Gasteiger partial charge on any atom is -0.487 e. The molecule has 0 spiro atoms. The first kappa shape index (κ1) is 32.1. The number of nitrogens with zero attached hydrogens (tertiary/aromatic N) is 2. The molecule has 13 nitrogen and oxygen atoms in total. The zero-order valence-corrected chi connectivity index (χ0v) is 27.6. The molecule has 2 saturated heterocycles. The third-order valence-corrected chi connectivity index (χ3v) is 11.7. The molecule has 2 N–H and O–H groups in total. The van der Waals surface area contributed by atoms with Gasteiger partial charge in [-0.05, 0) is 55.0 Å². The van der Waals surface area contributed by atoms with Crippen LogP contribution in [0.15, 0.2) is 46.7 Å². The molecule has 1 aromatic heterocycles. The number of aliphatic hydroxyl groups is 1. The predicted molar refractivity (Wildman–Crippen MR) is 168 cm³/mol. The Kier molecular flexibility index (Phi) is 9.02. The average molecular weight is 688 g/mol. The second-order valence-corrected chi connectivity index (χ2v) is 15.2. The number of amides is 1. The van der Waals surface area contributed by atoms with Crippen LogP contribution in [0, 0.1) is 12.8 Å². The molecule has 2 fully saturated rings. The second kappa shape index (κ2) is 13.2. The maximum Gasteiger partial charge on any atom is 0.407 e. The Hall–Kier alpha value is -3.47. The van der Waals surface area contributed by atoms with E-state index in [0.717, 1.165) is 22.7 Å². The Balaban J connectivity index is 1.07. The van der Waals surface area contributed by atoms with Gasteiger partial charge in [0, 0.05) is 24.5 Å². The lowest BCUT2D eigenvalue weighted by Crippen LogP contribution is -2.52. The molecular weight excluding hydrogens is 650 g/mol. The van der Waals surface area contributed by atoms with Crippen molar-refractivity contribution in [1.29, 1.82) is 0 Å². The van der Waals surface area contributed by atoms with Crippen LogP contribution in [0.4, 0.5) is 4.79 Å². The number of aryl methyl sites for hydroxylation is 1. The van der Waals surface area contributed by atoms with Crippen LogP contribution in [0.2, 0.25) is 0 Å². The monoisotopic (exact) mass is 687 g/mol. The van der Waals surface area contributed by atoms with Crippen molar-refractivity contribution in [3.8, 4) is 17.2 Å². The normalized spacial score (nSPS) is 25.5. The Bertz CT molecular complexity index is 1720. The van der Waals surface area contributed by atoms with E-state index in [0.29, 0.717) is 36.0 Å². The zero-order chi connectivity index (χ0) is 32.7. The van der Waals surface area contributed by atoms with E-state index in [-0.39, 0.29) is 55.9 Å². The van der Waals surface area contributed by atoms with Crippen LogP contribution < -0.4 is 19.5 Å². The van der Waals surface area contributed by atoms with Gasteiger partial charge in [-0.2, -0.15) is 4.31 Å². The van der Waals surface area contributed by atoms with Crippen LogP contribution in [0.3, 0.4) is 0 Å². The fraction of sp³-hybridized carbons (Fsp3) is 0.500. The molecule has 4 aliphatic heterocycles. The van der Waals surface area contributed by atoms with E-state index in [1.54, 1.807) is 17.4 Å². The molecule has 3 aromatic rings. The van der Waals surface area contributed by atoms with Crippen LogP contribution in [0.1, 0.15) is 41.1 Å². The van der Waals surface area contributed by atoms with Gasteiger partial charge in [0.05, 0.1) is 46.9 Å². The van der Waals surface area contributed by atoms with Crippen molar-refractivity contribution in [2.45, 2.75) is 68.6 Å². The van der Waals surface area contributed by atoms with Gasteiger partial charge in [0.15, 0.2) is 17.8 Å². The summed E-state index contributed by atoms with van der Waals surface area (Å²) in [4.78, 5) is 17.7. The van der Waals surface area contributed by atoms with E-state index >= 15 is 0 Å². The number of alkyl carbamates (subject to hydrolysis) is 1. The molecule has 2 aromatic carbocycles. The van der Waals surface area contributed by atoms with E-state index < -0.39 is 34.4 Å². The van der Waals surface area contributed by atoms with Crippen LogP contribution in [0.5, 0.6) is 17.2 Å². The number of hydrogen-bond donors (Lipinski definition) is 2. The summed E-state index contributed by atoms with van der Waals surface area (Å²) in [6, 6.07) is 9.63. The van der Waals surface area contributed by atoms with Crippen LogP contribution >= 0.6 is 11.3 Å². The number of carbonyl (C=O) groups excluding carboxylic acids is 1. The molecule has 47 heavy (non-hydrogen) atoms. The zero-order valence-electron chi connectivity index (χ0n) is 26.0. The molecule has 5 heterocycles. The highest BCUT2D eigenvalue weighted by molar-refractivity contribution is 7.89. The van der Waals surface area contributed by atoms with Gasteiger partial charge < -0.3 is 38.8 Å². The van der Waals surface area contributed by atoms with Gasteiger partial charge in [0.1, 0.15) is 18.5 Å². The fourth-order valence-corrected chi connectivity index (χ4v) is 8.92. The van der Waals surface area contributed by atoms with E-state index in [1.165, 1.54) is 10.4 Å². The Morgan fingerprint density at radius 2 is 1.98 bits per heavy atom. The second-order valence-electron chi connectivity index (χ2n) is 12.2. The largest absolute Gasteiger partial charge is 0.487 e. The molecular formula is C32H37N3O10S2. The number of nitrogens with one attached hydrogen (secondary N) is 1. The number of β-amino-alcohol motifs (C(OH)–C–C–N with tert-alkyl or cyclic N) is 1. The summed E-state index contributed by atoms with van der Waals surface area (Å²) in [5.74, 6) is 1.30. The van der Waals surface area contributed by atoms with Crippen LogP contribution in [-0.2, 0) is 37.3 Å². The Morgan fingerprint density at radius 3 is 2.74 bits per heavy atom. The van der Waals surface area contributed by atoms with Crippen molar-refractivity contribution in [2.75, 3.05) is 33.1 Å². The van der Waals surface area contributed by atoms with Crippen LogP contribution in [0.25, 0.3) is 0 Å². The highest BCUT2D eigenvalue weighted by Crippen LogP contribution is 2.42. The minimum absolute atomic E-state index is 0.0263. The van der Waals surface area contributed by atoms with E-state index in [1.807, 2.05) is 43.5 Å². The minimum atomic E-state index is -3.99. The standard InChI is InChI=1S/C32H37N3O10S2/c1-18-12-35(47(38,39)30-11-28-27(10-24(18)30)43-17-44-28)13-26(36)25(34-32(37)45-29-15-42-31-23(29)7-8-40-31)9-20-3-5-22(6-4-20)41-14-21-16-46-19(2)33-21/h3-6,10-11,16,18,23,25-26,29,31,36H,7-9,12-15,17H2,1-2H3,(H,34,37)/t18?,23-,25-,26+,29-,31+/m0/s1. The molecule has 7 rings (SSSR count). The summed E-state index contributed by atoms with van der Waals surface area (Å²) in [6.07, 6.45) is -1.93. The number of sulfonamides is 1. The Labute approximate surface area is 276 Å². The highest BCUT2D eigenvalue weighted by atomic mass is 32.2. The third-order valence-electron chi connectivity index (χ3n) is 8.97. The lowest BCUT2D eigenvalue weighted by Gasteiger charge is -2.35. The summed E-state index contributed by atoms with van der Waals surface area (Å²) < 4.78 is 62.5. The van der Waals surface area contributed by atoms with Gasteiger partial charge in [0.25, 0.3) is 0 Å². The van der Waals surface area contributed by atoms with Crippen molar-refractivity contribution in [3.63, 3.8) is 0 Å². The number of ether oxygens (including phenoxy) is 6. The number of thiazole rings is 1. The predicted octanol–water partition coefficient (Wildman–Crippen LogP) is 3.33. The van der Waals surface area contributed by atoms with Crippen molar-refractivity contribution in [3.05, 3.63) is 63.6 Å². The van der Waals surface area contributed by atoms with Crippen molar-refractivity contribution < 1.29 is 46.7 Å². The topological polar surface area (TPSA) is 155 Å². The van der Waals surface area contributed by atoms with E-state index in [2.05, 4.69) is 10.3 Å². The maximum absolute atomic E-state index is 13.8. The number of aliphatic hydroxyl groups excluding tert-OH is 1. The molecule has 1 amide bonds. The van der Waals surface area contributed by atoms with E-state index in [9.17, 15) is 18.3 Å². The summed E-state index contributed by atoms with van der Waals surface area (Å²) in [5.41, 5.74) is 2.28. The molecule has 0 aliphatic carbocycles. The van der Waals surface area contributed by atoms with Gasteiger partial charge in [-0.25, -0.2) is 18.2 Å². The number of fused-ring (bicyclic) bond motifs is 3. The lowest BCUT2D eigenvalue weighted by molar-refractivity contribution is -0.0907. The molecule has 0 bridgehead atoms. The molecule has 6 atom stereocenters. The van der Waals surface area contributed by atoms with E-state index in [4.69, 9.17) is 28.4 Å². The molecule has 0 saturated carbocycles. The Morgan fingerprint density at radius 1 is 1.19 bits per heavy atom. The number of aromatic nitrogens is 1. The van der Waals surface area contributed by atoms with Crippen molar-refractivity contribution in [2.24, 2.45) is 5.92 Å². The molecule has 15 heteroatoms. The van der Waals surface area contributed by atoms with Gasteiger partial charge in [-0.15, -0.1) is 11.3 Å². The molecule has 1 unspecified atom stereocenters. The number of rotatable bonds is 10. The average Bonchev–Trinajstić information content (AvgIpc) is 3.85.